The Kier molecular flexibility index (Phi) is 12.0. The molecule has 0 aliphatic carbocycles. The van der Waals surface area contributed by atoms with E-state index in [9.17, 15) is 9.59 Å². The molecular formula is C33H34N4O10. The van der Waals surface area contributed by atoms with Crippen LogP contribution in [0, 0.1) is 0 Å². The maximum Gasteiger partial charge on any atom is 0.338 e. The van der Waals surface area contributed by atoms with E-state index in [4.69, 9.17) is 38.6 Å². The molecule has 5 rings (SSSR count). The minimum Gasteiger partial charge on any atom is -0.478 e. The van der Waals surface area contributed by atoms with Crippen LogP contribution >= 0.6 is 0 Å². The Hall–Kier alpha value is -5.15. The Morgan fingerprint density at radius 2 is 1.17 bits per heavy atom. The van der Waals surface area contributed by atoms with E-state index in [1.54, 1.807) is 12.4 Å². The molecule has 14 heteroatoms. The fourth-order valence-corrected chi connectivity index (χ4v) is 4.60. The van der Waals surface area contributed by atoms with Crippen LogP contribution in [0.4, 0.5) is 0 Å². The summed E-state index contributed by atoms with van der Waals surface area (Å²) in [5, 5.41) is 20.4. The van der Waals surface area contributed by atoms with Gasteiger partial charge in [0, 0.05) is 64.3 Å². The smallest absolute Gasteiger partial charge is 0.338 e. The van der Waals surface area contributed by atoms with Crippen molar-refractivity contribution in [1.29, 1.82) is 0 Å². The highest BCUT2D eigenvalue weighted by Crippen LogP contribution is 2.29. The number of nitrogens with one attached hydrogen (secondary N) is 1. The van der Waals surface area contributed by atoms with Crippen LogP contribution in [-0.4, -0.2) is 108 Å². The number of benzene rings is 1. The van der Waals surface area contributed by atoms with Crippen molar-refractivity contribution in [3.8, 4) is 22.9 Å². The van der Waals surface area contributed by atoms with Gasteiger partial charge in [-0.3, -0.25) is 4.98 Å². The van der Waals surface area contributed by atoms with Crippen molar-refractivity contribution in [2.45, 2.75) is 0 Å². The highest BCUT2D eigenvalue weighted by atomic mass is 16.6. The number of pyridine rings is 3. The third kappa shape index (κ3) is 9.43. The van der Waals surface area contributed by atoms with Crippen molar-refractivity contribution in [2.24, 2.45) is 0 Å². The van der Waals surface area contributed by atoms with E-state index in [-0.39, 0.29) is 19.1 Å². The molecule has 14 nitrogen and oxygen atoms in total. The molecule has 0 radical (unpaired) electrons. The van der Waals surface area contributed by atoms with E-state index in [1.165, 1.54) is 0 Å². The van der Waals surface area contributed by atoms with Crippen molar-refractivity contribution in [2.75, 3.05) is 66.1 Å². The zero-order chi connectivity index (χ0) is 32.8. The summed E-state index contributed by atoms with van der Waals surface area (Å²) in [7, 11) is 0. The van der Waals surface area contributed by atoms with Gasteiger partial charge in [0.1, 0.15) is 13.2 Å². The summed E-state index contributed by atoms with van der Waals surface area (Å²) >= 11 is 0. The second-order valence-electron chi connectivity index (χ2n) is 10.0. The Morgan fingerprint density at radius 3 is 1.79 bits per heavy atom. The zero-order valence-corrected chi connectivity index (χ0v) is 25.4. The van der Waals surface area contributed by atoms with E-state index in [0.29, 0.717) is 58.7 Å². The van der Waals surface area contributed by atoms with Crippen LogP contribution in [0.25, 0.3) is 32.9 Å². The van der Waals surface area contributed by atoms with Crippen LogP contribution < -0.4 is 9.47 Å². The molecule has 0 unspecified atom stereocenters. The van der Waals surface area contributed by atoms with Gasteiger partial charge in [-0.1, -0.05) is 12.1 Å². The molecule has 4 aromatic heterocycles. The lowest BCUT2D eigenvalue weighted by atomic mass is 10.1. The number of rotatable bonds is 20. The second-order valence-corrected chi connectivity index (χ2v) is 10.0. The topological polar surface area (TPSA) is 184 Å². The summed E-state index contributed by atoms with van der Waals surface area (Å²) in [6.07, 6.45) is 6.39. The molecule has 0 spiro atoms. The number of ether oxygens (including phenoxy) is 6. The van der Waals surface area contributed by atoms with Crippen molar-refractivity contribution in [3.63, 3.8) is 0 Å². The van der Waals surface area contributed by atoms with E-state index < -0.39 is 23.1 Å². The SMILES string of the molecule is O=C(O)c1cnc(OCCOCCOCCOCCOCCOc2ccc(-c3ccc4c(c3)[nH]c3ccncc34)cn2)cc1C(=O)O. The van der Waals surface area contributed by atoms with Gasteiger partial charge in [-0.25, -0.2) is 19.6 Å². The number of fused-ring (bicyclic) bond motifs is 3. The van der Waals surface area contributed by atoms with Gasteiger partial charge in [0.15, 0.2) is 0 Å². The molecule has 0 saturated heterocycles. The molecule has 1 aromatic carbocycles. The van der Waals surface area contributed by atoms with Gasteiger partial charge in [0.2, 0.25) is 11.8 Å². The van der Waals surface area contributed by atoms with Gasteiger partial charge >= 0.3 is 11.9 Å². The van der Waals surface area contributed by atoms with Crippen molar-refractivity contribution in [3.05, 3.63) is 78.4 Å². The molecule has 0 bridgehead atoms. The van der Waals surface area contributed by atoms with Gasteiger partial charge < -0.3 is 43.6 Å². The van der Waals surface area contributed by atoms with Gasteiger partial charge in [0.25, 0.3) is 0 Å². The summed E-state index contributed by atoms with van der Waals surface area (Å²) in [5.74, 6) is -2.23. The number of H-pyrrole nitrogens is 1. The van der Waals surface area contributed by atoms with Gasteiger partial charge in [0.05, 0.1) is 64.0 Å². The molecule has 3 N–H and O–H groups in total. The number of nitrogens with zero attached hydrogens (tertiary/aromatic N) is 3. The molecule has 0 fully saturated rings. The fraction of sp³-hybridized carbons (Fsp3) is 0.303. The van der Waals surface area contributed by atoms with Gasteiger partial charge in [-0.15, -0.1) is 0 Å². The number of carboxylic acids is 2. The third-order valence-electron chi connectivity index (χ3n) is 6.88. The van der Waals surface area contributed by atoms with E-state index in [0.717, 1.165) is 45.2 Å². The zero-order valence-electron chi connectivity index (χ0n) is 25.4. The molecule has 0 aliphatic heterocycles. The molecule has 47 heavy (non-hydrogen) atoms. The van der Waals surface area contributed by atoms with Crippen LogP contribution in [0.5, 0.6) is 11.8 Å². The summed E-state index contributed by atoms with van der Waals surface area (Å²) in [4.78, 5) is 38.2. The molecule has 0 aliphatic rings. The first-order valence-electron chi connectivity index (χ1n) is 14.8. The fourth-order valence-electron chi connectivity index (χ4n) is 4.60. The first kappa shape index (κ1) is 33.2. The summed E-state index contributed by atoms with van der Waals surface area (Å²) in [5.41, 5.74) is 3.35. The Morgan fingerprint density at radius 1 is 0.574 bits per heavy atom. The number of carboxylic acid groups (broad SMARTS) is 2. The minimum atomic E-state index is -1.38. The normalized spacial score (nSPS) is 11.2. The number of hydrogen-bond acceptors (Lipinski definition) is 11. The molecule has 0 atom stereocenters. The highest BCUT2D eigenvalue weighted by Gasteiger charge is 2.18. The summed E-state index contributed by atoms with van der Waals surface area (Å²) < 4.78 is 32.9. The summed E-state index contributed by atoms with van der Waals surface area (Å²) in [6, 6.07) is 13.1. The Bertz CT molecular complexity index is 1780. The third-order valence-corrected chi connectivity index (χ3v) is 6.88. The maximum atomic E-state index is 11.2. The Balaban J connectivity index is 0.850. The average molecular weight is 647 g/mol. The molecule has 4 heterocycles. The number of carbonyl (C=O) groups is 2. The second kappa shape index (κ2) is 17.0. The van der Waals surface area contributed by atoms with Crippen LogP contribution in [0.15, 0.2) is 67.3 Å². The predicted molar refractivity (Wildman–Crippen MR) is 169 cm³/mol. The molecule has 0 saturated carbocycles. The molecule has 5 aromatic rings. The lowest BCUT2D eigenvalue weighted by Gasteiger charge is -2.09. The van der Waals surface area contributed by atoms with Crippen molar-refractivity contribution in [1.82, 2.24) is 19.9 Å². The minimum absolute atomic E-state index is 0.00165. The van der Waals surface area contributed by atoms with Crippen molar-refractivity contribution < 1.29 is 48.2 Å². The van der Waals surface area contributed by atoms with Gasteiger partial charge in [-0.05, 0) is 23.8 Å². The lowest BCUT2D eigenvalue weighted by Crippen LogP contribution is -2.15. The van der Waals surface area contributed by atoms with E-state index in [2.05, 4.69) is 38.1 Å². The standard InChI is InChI=1S/C33H34N4O10/c38-32(39)25-18-31(36-21-27(25)33(40)41)47-16-14-45-12-10-43-8-7-42-9-11-44-13-15-46-30-4-2-23(19-35-30)22-1-3-24-26-20-34-6-5-28(26)37-29(24)17-22/h1-6,17-21,37H,7-16H2,(H,38,39)(H,40,41). The first-order valence-corrected chi connectivity index (χ1v) is 14.8. The van der Waals surface area contributed by atoms with Crippen LogP contribution in [0.2, 0.25) is 0 Å². The Labute approximate surface area is 269 Å². The van der Waals surface area contributed by atoms with Crippen LogP contribution in [-0.2, 0) is 18.9 Å². The maximum absolute atomic E-state index is 11.2. The van der Waals surface area contributed by atoms with Gasteiger partial charge in [-0.2, -0.15) is 0 Å². The van der Waals surface area contributed by atoms with E-state index in [1.807, 2.05) is 24.4 Å². The average Bonchev–Trinajstić information content (AvgIpc) is 3.46. The van der Waals surface area contributed by atoms with Crippen LogP contribution in [0.3, 0.4) is 0 Å². The molecule has 246 valence electrons. The number of hydrogen-bond donors (Lipinski definition) is 3. The summed E-state index contributed by atoms with van der Waals surface area (Å²) in [6.45, 7) is 3.44. The van der Waals surface area contributed by atoms with E-state index >= 15 is 0 Å². The monoisotopic (exact) mass is 646 g/mol. The quantitative estimate of drug-likeness (QED) is 0.103. The number of aromatic nitrogens is 4. The lowest BCUT2D eigenvalue weighted by molar-refractivity contribution is -0.00721. The number of aromatic carboxylic acids is 2. The molecular weight excluding hydrogens is 612 g/mol. The molecule has 0 amide bonds. The largest absolute Gasteiger partial charge is 0.478 e. The van der Waals surface area contributed by atoms with Crippen molar-refractivity contribution >= 4 is 33.7 Å². The number of aromatic amines is 1. The predicted octanol–water partition coefficient (Wildman–Crippen LogP) is 4.09. The highest BCUT2D eigenvalue weighted by molar-refractivity contribution is 6.07. The van der Waals surface area contributed by atoms with Crippen LogP contribution in [0.1, 0.15) is 20.7 Å². The first-order chi connectivity index (χ1) is 23.0.